The largest absolute Gasteiger partial charge is 0.481 e. The van der Waals surface area contributed by atoms with Gasteiger partial charge in [0.05, 0.1) is 12.8 Å². The molecule has 0 bridgehead atoms. The summed E-state index contributed by atoms with van der Waals surface area (Å²) in [6.45, 7) is 0. The number of methoxy groups -OCH3 is 1. The fourth-order valence-corrected chi connectivity index (χ4v) is 2.96. The van der Waals surface area contributed by atoms with Gasteiger partial charge in [0.2, 0.25) is 11.8 Å². The number of hydrogen-bond donors (Lipinski definition) is 2. The Bertz CT molecular complexity index is 493. The average Bonchev–Trinajstić information content (AvgIpc) is 2.66. The average molecular weight is 261 g/mol. The summed E-state index contributed by atoms with van der Waals surface area (Å²) in [4.78, 5) is 16.8. The van der Waals surface area contributed by atoms with Gasteiger partial charge in [-0.2, -0.15) is 4.98 Å². The Hall–Kier alpha value is -1.78. The predicted molar refractivity (Wildman–Crippen MR) is 73.5 cm³/mol. The van der Waals surface area contributed by atoms with Gasteiger partial charge in [0, 0.05) is 6.07 Å². The zero-order valence-electron chi connectivity index (χ0n) is 11.2. The number of ether oxygens (including phenoxy) is 1. The predicted octanol–water partition coefficient (Wildman–Crippen LogP) is 2.55. The van der Waals surface area contributed by atoms with E-state index in [-0.39, 0.29) is 5.91 Å². The number of carbonyl (C=O) groups excluding carboxylic acids is 1. The highest BCUT2D eigenvalue weighted by molar-refractivity contribution is 6.05. The molecule has 0 atom stereocenters. The minimum Gasteiger partial charge on any atom is -0.481 e. The third-order valence-corrected chi connectivity index (χ3v) is 4.08. The van der Waals surface area contributed by atoms with Crippen LogP contribution in [0.15, 0.2) is 12.1 Å². The molecule has 102 valence electrons. The van der Waals surface area contributed by atoms with Crippen LogP contribution in [0.4, 0.5) is 11.5 Å². The van der Waals surface area contributed by atoms with Crippen LogP contribution >= 0.6 is 0 Å². The van der Waals surface area contributed by atoms with Crippen molar-refractivity contribution in [2.24, 2.45) is 0 Å². The van der Waals surface area contributed by atoms with Crippen molar-refractivity contribution in [2.75, 3.05) is 17.7 Å². The summed E-state index contributed by atoms with van der Waals surface area (Å²) >= 11 is 0. The van der Waals surface area contributed by atoms with E-state index in [0.29, 0.717) is 5.88 Å². The number of anilines is 2. The van der Waals surface area contributed by atoms with Crippen LogP contribution in [0.5, 0.6) is 5.88 Å². The number of fused-ring (bicyclic) bond motifs is 1. The summed E-state index contributed by atoms with van der Waals surface area (Å²) in [5.74, 6) is 1.36. The lowest BCUT2D eigenvalue weighted by Crippen LogP contribution is -2.52. The van der Waals surface area contributed by atoms with Crippen molar-refractivity contribution < 1.29 is 9.53 Å². The monoisotopic (exact) mass is 261 g/mol. The molecule has 1 amide bonds. The molecule has 0 radical (unpaired) electrons. The summed E-state index contributed by atoms with van der Waals surface area (Å²) in [5, 5.41) is 6.35. The lowest BCUT2D eigenvalue weighted by Gasteiger charge is -2.37. The molecule has 1 aliphatic heterocycles. The number of amides is 1. The van der Waals surface area contributed by atoms with Crippen molar-refractivity contribution in [3.8, 4) is 5.88 Å². The number of nitrogens with one attached hydrogen (secondary N) is 2. The molecule has 0 aromatic carbocycles. The van der Waals surface area contributed by atoms with Crippen LogP contribution in [-0.4, -0.2) is 23.5 Å². The van der Waals surface area contributed by atoms with E-state index in [9.17, 15) is 4.79 Å². The Morgan fingerprint density at radius 1 is 1.21 bits per heavy atom. The smallest absolute Gasteiger partial charge is 0.250 e. The number of nitrogens with zero attached hydrogens (tertiary/aromatic N) is 1. The first-order valence-electron chi connectivity index (χ1n) is 6.88. The van der Waals surface area contributed by atoms with Gasteiger partial charge in [-0.15, -0.1) is 0 Å². The first kappa shape index (κ1) is 12.3. The molecular weight excluding hydrogens is 242 g/mol. The zero-order chi connectivity index (χ0) is 13.3. The second-order valence-electron chi connectivity index (χ2n) is 5.33. The maximum atomic E-state index is 12.4. The van der Waals surface area contributed by atoms with Gasteiger partial charge < -0.3 is 15.4 Å². The number of aromatic nitrogens is 1. The fraction of sp³-hybridized carbons (Fsp3) is 0.571. The summed E-state index contributed by atoms with van der Waals surface area (Å²) in [5.41, 5.74) is 0.253. The van der Waals surface area contributed by atoms with Crippen LogP contribution in [0.1, 0.15) is 38.5 Å². The van der Waals surface area contributed by atoms with E-state index in [4.69, 9.17) is 4.74 Å². The van der Waals surface area contributed by atoms with Crippen LogP contribution in [0.25, 0.3) is 0 Å². The van der Waals surface area contributed by atoms with Crippen molar-refractivity contribution in [1.29, 1.82) is 0 Å². The number of pyridine rings is 1. The van der Waals surface area contributed by atoms with E-state index in [1.807, 2.05) is 6.07 Å². The second-order valence-corrected chi connectivity index (χ2v) is 5.33. The van der Waals surface area contributed by atoms with Gasteiger partial charge >= 0.3 is 0 Å². The Morgan fingerprint density at radius 3 is 2.63 bits per heavy atom. The van der Waals surface area contributed by atoms with E-state index >= 15 is 0 Å². The fourth-order valence-electron chi connectivity index (χ4n) is 2.96. The molecule has 2 aliphatic rings. The Balaban J connectivity index is 1.94. The van der Waals surface area contributed by atoms with Crippen LogP contribution in [-0.2, 0) is 4.79 Å². The first-order chi connectivity index (χ1) is 9.23. The molecule has 3 rings (SSSR count). The summed E-state index contributed by atoms with van der Waals surface area (Å²) < 4.78 is 5.14. The Labute approximate surface area is 112 Å². The van der Waals surface area contributed by atoms with E-state index in [2.05, 4.69) is 15.6 Å². The normalized spacial score (nSPS) is 21.0. The van der Waals surface area contributed by atoms with Gasteiger partial charge in [-0.05, 0) is 18.9 Å². The Morgan fingerprint density at radius 2 is 1.95 bits per heavy atom. The first-order valence-corrected chi connectivity index (χ1v) is 6.88. The van der Waals surface area contributed by atoms with E-state index < -0.39 is 5.54 Å². The minimum atomic E-state index is -0.483. The summed E-state index contributed by atoms with van der Waals surface area (Å²) in [6, 6.07) is 3.58. The molecule has 5 heteroatoms. The second kappa shape index (κ2) is 4.72. The molecule has 1 saturated carbocycles. The molecule has 5 nitrogen and oxygen atoms in total. The highest BCUT2D eigenvalue weighted by atomic mass is 16.5. The summed E-state index contributed by atoms with van der Waals surface area (Å²) in [7, 11) is 1.59. The third kappa shape index (κ3) is 2.13. The van der Waals surface area contributed by atoms with Gasteiger partial charge in [-0.1, -0.05) is 25.7 Å². The standard InChI is InChI=1S/C14H19N3O2/c1-19-11-7-6-10-12(16-11)17-14(13(18)15-10)8-4-2-3-5-9-14/h6-7H,2-5,8-9H2,1H3,(H,15,18)(H,16,17). The zero-order valence-corrected chi connectivity index (χ0v) is 11.2. The third-order valence-electron chi connectivity index (χ3n) is 4.08. The van der Waals surface area contributed by atoms with Gasteiger partial charge in [0.1, 0.15) is 5.54 Å². The molecule has 1 aromatic rings. The van der Waals surface area contributed by atoms with Crippen molar-refractivity contribution in [2.45, 2.75) is 44.1 Å². The highest BCUT2D eigenvalue weighted by Gasteiger charge is 2.42. The van der Waals surface area contributed by atoms with Gasteiger partial charge in [-0.3, -0.25) is 4.79 Å². The maximum absolute atomic E-state index is 12.4. The Kier molecular flexibility index (Phi) is 3.05. The van der Waals surface area contributed by atoms with E-state index in [1.165, 1.54) is 12.8 Å². The topological polar surface area (TPSA) is 63.2 Å². The van der Waals surface area contributed by atoms with Crippen molar-refractivity contribution in [1.82, 2.24) is 4.98 Å². The lowest BCUT2D eigenvalue weighted by molar-refractivity contribution is -0.121. The molecule has 1 aliphatic carbocycles. The lowest BCUT2D eigenvalue weighted by atomic mass is 9.87. The van der Waals surface area contributed by atoms with Gasteiger partial charge in [-0.25, -0.2) is 0 Å². The quantitative estimate of drug-likeness (QED) is 0.815. The SMILES string of the molecule is COc1ccc2c(n1)NC1(CCCCCC1)C(=O)N2. The molecular formula is C14H19N3O2. The number of carbonyl (C=O) groups is 1. The van der Waals surface area contributed by atoms with E-state index in [0.717, 1.165) is 37.2 Å². The highest BCUT2D eigenvalue weighted by Crippen LogP contribution is 2.37. The van der Waals surface area contributed by atoms with Crippen molar-refractivity contribution in [3.63, 3.8) is 0 Å². The summed E-state index contributed by atoms with van der Waals surface area (Å²) in [6.07, 6.45) is 6.32. The molecule has 1 aromatic heterocycles. The molecule has 2 heterocycles. The molecule has 2 N–H and O–H groups in total. The van der Waals surface area contributed by atoms with Crippen LogP contribution in [0, 0.1) is 0 Å². The van der Waals surface area contributed by atoms with Crippen LogP contribution in [0.2, 0.25) is 0 Å². The molecule has 19 heavy (non-hydrogen) atoms. The van der Waals surface area contributed by atoms with Gasteiger partial charge in [0.15, 0.2) is 5.82 Å². The van der Waals surface area contributed by atoms with Crippen molar-refractivity contribution >= 4 is 17.4 Å². The van der Waals surface area contributed by atoms with Crippen LogP contribution < -0.4 is 15.4 Å². The molecule has 1 fully saturated rings. The molecule has 1 spiro atoms. The molecule has 0 unspecified atom stereocenters. The van der Waals surface area contributed by atoms with Crippen LogP contribution in [0.3, 0.4) is 0 Å². The van der Waals surface area contributed by atoms with Crippen molar-refractivity contribution in [3.05, 3.63) is 12.1 Å². The minimum absolute atomic E-state index is 0.0777. The maximum Gasteiger partial charge on any atom is 0.250 e. The number of hydrogen-bond acceptors (Lipinski definition) is 4. The van der Waals surface area contributed by atoms with Gasteiger partial charge in [0.25, 0.3) is 0 Å². The molecule has 0 saturated heterocycles. The number of rotatable bonds is 1. The van der Waals surface area contributed by atoms with E-state index in [1.54, 1.807) is 13.2 Å².